The molecule has 11 nitrogen and oxygen atoms in total. The van der Waals surface area contributed by atoms with Gasteiger partial charge < -0.3 is 25.2 Å². The van der Waals surface area contributed by atoms with Crippen molar-refractivity contribution in [2.24, 2.45) is 5.73 Å². The molecule has 0 heterocycles. The summed E-state index contributed by atoms with van der Waals surface area (Å²) in [6.07, 6.45) is 42.6. The summed E-state index contributed by atoms with van der Waals surface area (Å²) in [4.78, 5) is 45.8. The minimum atomic E-state index is -4.72. The first kappa shape index (κ1) is 50.9. The fourth-order valence-electron chi connectivity index (χ4n) is 4.78. The van der Waals surface area contributed by atoms with Gasteiger partial charge in [0.2, 0.25) is 0 Å². The number of aliphatic carboxylic acids is 1. The van der Waals surface area contributed by atoms with Gasteiger partial charge in [-0.15, -0.1) is 0 Å². The van der Waals surface area contributed by atoms with Crippen molar-refractivity contribution in [1.82, 2.24) is 0 Å². The number of esters is 2. The van der Waals surface area contributed by atoms with E-state index in [1.54, 1.807) is 0 Å². The summed E-state index contributed by atoms with van der Waals surface area (Å²) in [5.41, 5.74) is 5.31. The molecule has 0 saturated heterocycles. The number of unbranched alkanes of at least 4 members (excludes halogenated alkanes) is 10. The normalized spacial score (nSPS) is 14.6. The number of hydrogen-bond acceptors (Lipinski definition) is 9. The lowest BCUT2D eigenvalue weighted by Crippen LogP contribution is -2.34. The summed E-state index contributed by atoms with van der Waals surface area (Å²) in [5.74, 6) is -2.45. The van der Waals surface area contributed by atoms with Crippen molar-refractivity contribution in [3.05, 3.63) is 72.9 Å². The van der Waals surface area contributed by atoms with E-state index in [-0.39, 0.29) is 19.4 Å². The summed E-state index contributed by atoms with van der Waals surface area (Å²) in [6, 6.07) is -1.53. The lowest BCUT2D eigenvalue weighted by Gasteiger charge is -2.20. The van der Waals surface area contributed by atoms with Gasteiger partial charge in [-0.25, -0.2) is 4.57 Å². The van der Waals surface area contributed by atoms with Gasteiger partial charge in [-0.2, -0.15) is 0 Å². The molecule has 0 radical (unpaired) electrons. The largest absolute Gasteiger partial charge is 0.480 e. The Morgan fingerprint density at radius 3 is 1.59 bits per heavy atom. The first-order chi connectivity index (χ1) is 26.1. The third-order valence-electron chi connectivity index (χ3n) is 7.94. The van der Waals surface area contributed by atoms with Crippen molar-refractivity contribution in [2.45, 2.75) is 154 Å². The van der Waals surface area contributed by atoms with Gasteiger partial charge in [-0.3, -0.25) is 23.4 Å². The molecule has 0 aromatic rings. The zero-order valence-electron chi connectivity index (χ0n) is 33.0. The van der Waals surface area contributed by atoms with Crippen molar-refractivity contribution >= 4 is 25.7 Å². The first-order valence-electron chi connectivity index (χ1n) is 20.0. The van der Waals surface area contributed by atoms with E-state index in [1.165, 1.54) is 12.8 Å². The van der Waals surface area contributed by atoms with Crippen LogP contribution in [0.15, 0.2) is 72.9 Å². The third kappa shape index (κ3) is 35.9. The van der Waals surface area contributed by atoms with Gasteiger partial charge in [-0.1, -0.05) is 125 Å². The number of carbonyl (C=O) groups excluding carboxylic acids is 2. The molecular formula is C42H70NO10P. The minimum Gasteiger partial charge on any atom is -0.480 e. The number of nitrogens with two attached hydrogens (primary N) is 1. The van der Waals surface area contributed by atoms with Crippen LogP contribution in [0.3, 0.4) is 0 Å². The molecule has 0 aromatic carbocycles. The van der Waals surface area contributed by atoms with Gasteiger partial charge in [0.25, 0.3) is 0 Å². The lowest BCUT2D eigenvalue weighted by molar-refractivity contribution is -0.161. The Labute approximate surface area is 325 Å². The fraction of sp³-hybridized carbons (Fsp3) is 0.643. The zero-order valence-corrected chi connectivity index (χ0v) is 33.9. The maximum Gasteiger partial charge on any atom is 0.472 e. The first-order valence-corrected chi connectivity index (χ1v) is 21.5. The number of carbonyl (C=O) groups is 3. The molecular weight excluding hydrogens is 709 g/mol. The molecule has 0 fully saturated rings. The van der Waals surface area contributed by atoms with Crippen molar-refractivity contribution < 1.29 is 47.5 Å². The smallest absolute Gasteiger partial charge is 0.472 e. The van der Waals surface area contributed by atoms with E-state index in [9.17, 15) is 23.8 Å². The fourth-order valence-corrected chi connectivity index (χ4v) is 5.55. The topological polar surface area (TPSA) is 172 Å². The molecule has 12 heteroatoms. The Bertz CT molecular complexity index is 1190. The molecule has 0 amide bonds. The van der Waals surface area contributed by atoms with Crippen LogP contribution in [0.4, 0.5) is 0 Å². The Morgan fingerprint density at radius 1 is 0.593 bits per heavy atom. The second kappa shape index (κ2) is 36.9. The summed E-state index contributed by atoms with van der Waals surface area (Å²) in [6.45, 7) is 2.57. The highest BCUT2D eigenvalue weighted by Gasteiger charge is 2.28. The molecule has 1 unspecified atom stereocenters. The van der Waals surface area contributed by atoms with Crippen LogP contribution in [0.25, 0.3) is 0 Å². The SMILES string of the molecule is CC/C=C/C/C=C/C/C=C/C/C=C/C/C=C/CCCCCC(=O)OC[C@@H](COP(=O)(O)OC[C@@H](N)C(=O)O)OC(=O)CCCCCCC/C=C/CCCC. The standard InChI is InChI=1S/C42H70NO10P/c1-3-5-7-9-11-13-15-16-17-18-19-20-21-22-24-25-27-29-31-33-40(44)50-35-38(36-51-54(48,49)52-37-39(43)42(46)47)53-41(45)34-32-30-28-26-23-14-12-10-8-6-4-2/h5,7,10-13,16-17,19-20,22,24,38-39H,3-4,6,8-9,14-15,18,21,23,25-37,43H2,1-2H3,(H,46,47)(H,48,49)/b7-5+,12-10+,13-11+,17-16+,20-19+,24-22+/t38-,39+/m0/s1. The maximum absolute atomic E-state index is 12.5. The van der Waals surface area contributed by atoms with E-state index >= 15 is 0 Å². The molecule has 0 rings (SSSR count). The number of phosphoric acid groups is 1. The van der Waals surface area contributed by atoms with Crippen LogP contribution >= 0.6 is 7.82 Å². The number of ether oxygens (including phenoxy) is 2. The van der Waals surface area contributed by atoms with Gasteiger partial charge in [0.1, 0.15) is 12.6 Å². The molecule has 3 atom stereocenters. The number of allylic oxidation sites excluding steroid dienone is 12. The van der Waals surface area contributed by atoms with Crippen molar-refractivity contribution in [1.29, 1.82) is 0 Å². The van der Waals surface area contributed by atoms with E-state index in [1.807, 2.05) is 0 Å². The summed E-state index contributed by atoms with van der Waals surface area (Å²) < 4.78 is 32.5. The number of rotatable bonds is 36. The monoisotopic (exact) mass is 779 g/mol. The van der Waals surface area contributed by atoms with Crippen LogP contribution in [0, 0.1) is 0 Å². The third-order valence-corrected chi connectivity index (χ3v) is 8.89. The highest BCUT2D eigenvalue weighted by atomic mass is 31.2. The average molecular weight is 780 g/mol. The number of phosphoric ester groups is 1. The van der Waals surface area contributed by atoms with Gasteiger partial charge in [0.05, 0.1) is 13.2 Å². The van der Waals surface area contributed by atoms with Crippen LogP contribution in [0.5, 0.6) is 0 Å². The summed E-state index contributed by atoms with van der Waals surface area (Å²) in [5, 5.41) is 8.86. The van der Waals surface area contributed by atoms with Gasteiger partial charge in [0, 0.05) is 12.8 Å². The van der Waals surface area contributed by atoms with Crippen LogP contribution in [-0.2, 0) is 37.5 Å². The predicted octanol–water partition coefficient (Wildman–Crippen LogP) is 10.2. The predicted molar refractivity (Wildman–Crippen MR) is 217 cm³/mol. The molecule has 0 aliphatic carbocycles. The molecule has 54 heavy (non-hydrogen) atoms. The van der Waals surface area contributed by atoms with Crippen molar-refractivity contribution in [2.75, 3.05) is 19.8 Å². The van der Waals surface area contributed by atoms with E-state index in [4.69, 9.17) is 24.8 Å². The van der Waals surface area contributed by atoms with Crippen LogP contribution in [-0.4, -0.2) is 59.9 Å². The van der Waals surface area contributed by atoms with E-state index in [0.29, 0.717) is 12.8 Å². The second-order valence-corrected chi connectivity index (χ2v) is 14.5. The molecule has 0 spiro atoms. The van der Waals surface area contributed by atoms with Crippen molar-refractivity contribution in [3.63, 3.8) is 0 Å². The van der Waals surface area contributed by atoms with Gasteiger partial charge in [-0.05, 0) is 77.0 Å². The Morgan fingerprint density at radius 2 is 1.04 bits per heavy atom. The van der Waals surface area contributed by atoms with Gasteiger partial charge in [0.15, 0.2) is 6.10 Å². The second-order valence-electron chi connectivity index (χ2n) is 13.0. The van der Waals surface area contributed by atoms with E-state index < -0.39 is 51.1 Å². The maximum atomic E-state index is 12.5. The molecule has 0 aliphatic rings. The Hall–Kier alpha value is -3.08. The average Bonchev–Trinajstić information content (AvgIpc) is 3.14. The van der Waals surface area contributed by atoms with E-state index in [0.717, 1.165) is 89.9 Å². The van der Waals surface area contributed by atoms with Crippen molar-refractivity contribution in [3.8, 4) is 0 Å². The molecule has 0 bridgehead atoms. The highest BCUT2D eigenvalue weighted by Crippen LogP contribution is 2.43. The Kier molecular flexibility index (Phi) is 34.8. The molecule has 0 aromatic heterocycles. The number of carboxylic acids is 1. The lowest BCUT2D eigenvalue weighted by atomic mass is 10.1. The van der Waals surface area contributed by atoms with Crippen LogP contribution < -0.4 is 5.73 Å². The van der Waals surface area contributed by atoms with E-state index in [2.05, 4.69) is 91.3 Å². The summed E-state index contributed by atoms with van der Waals surface area (Å²) in [7, 11) is -4.72. The number of hydrogen-bond donors (Lipinski definition) is 3. The Balaban J connectivity index is 4.46. The molecule has 308 valence electrons. The minimum absolute atomic E-state index is 0.139. The highest BCUT2D eigenvalue weighted by molar-refractivity contribution is 7.47. The molecule has 4 N–H and O–H groups in total. The quantitative estimate of drug-likeness (QED) is 0.0239. The van der Waals surface area contributed by atoms with Gasteiger partial charge >= 0.3 is 25.7 Å². The van der Waals surface area contributed by atoms with Crippen LogP contribution in [0.2, 0.25) is 0 Å². The molecule has 0 aliphatic heterocycles. The summed E-state index contributed by atoms with van der Waals surface area (Å²) >= 11 is 0. The van der Waals surface area contributed by atoms with Crippen LogP contribution in [0.1, 0.15) is 142 Å². The zero-order chi connectivity index (χ0) is 40.0. The molecule has 0 saturated carbocycles. The number of carboxylic acid groups (broad SMARTS) is 1.